The van der Waals surface area contributed by atoms with Gasteiger partial charge in [0.05, 0.1) is 24.3 Å². The number of halogens is 1. The number of nitrogens with one attached hydrogen (secondary N) is 1. The number of hydrogen-bond donors (Lipinski definition) is 2. The van der Waals surface area contributed by atoms with E-state index in [4.69, 9.17) is 14.6 Å². The lowest BCUT2D eigenvalue weighted by Crippen LogP contribution is -2.36. The summed E-state index contributed by atoms with van der Waals surface area (Å²) < 4.78 is 25.2. The lowest BCUT2D eigenvalue weighted by Gasteiger charge is -2.28. The first-order valence-corrected chi connectivity index (χ1v) is 9.14. The molecular weight excluding hydrogens is 395 g/mol. The molecule has 0 unspecified atom stereocenters. The normalized spacial score (nSPS) is 13.3. The van der Waals surface area contributed by atoms with Gasteiger partial charge >= 0.3 is 18.2 Å². The van der Waals surface area contributed by atoms with E-state index in [9.17, 15) is 18.8 Å². The van der Waals surface area contributed by atoms with E-state index in [2.05, 4.69) is 5.32 Å². The molecule has 2 amide bonds. The summed E-state index contributed by atoms with van der Waals surface area (Å²) >= 11 is 0. The molecule has 0 saturated carbocycles. The van der Waals surface area contributed by atoms with Crippen LogP contribution in [0.1, 0.15) is 42.3 Å². The molecule has 0 aliphatic carbocycles. The van der Waals surface area contributed by atoms with Gasteiger partial charge in [-0.25, -0.2) is 18.8 Å². The number of benzene rings is 2. The minimum absolute atomic E-state index is 0.00182. The number of aromatic carboxylic acids is 1. The monoisotopic (exact) mass is 416 g/mol. The highest BCUT2D eigenvalue weighted by Crippen LogP contribution is 2.29. The first kappa shape index (κ1) is 21.1. The Morgan fingerprint density at radius 2 is 2.00 bits per heavy atom. The van der Waals surface area contributed by atoms with Crippen LogP contribution in [0.25, 0.3) is 0 Å². The van der Waals surface area contributed by atoms with Crippen LogP contribution in [0.15, 0.2) is 36.4 Å². The first-order valence-electron chi connectivity index (χ1n) is 9.14. The summed E-state index contributed by atoms with van der Waals surface area (Å²) in [5, 5.41) is 11.4. The number of ether oxygens (including phenoxy) is 2. The van der Waals surface area contributed by atoms with Crippen LogP contribution in [-0.4, -0.2) is 33.8 Å². The van der Waals surface area contributed by atoms with Crippen molar-refractivity contribution in [2.45, 2.75) is 39.5 Å². The smallest absolute Gasteiger partial charge is 0.415 e. The highest BCUT2D eigenvalue weighted by Gasteiger charge is 2.27. The zero-order valence-electron chi connectivity index (χ0n) is 16.7. The van der Waals surface area contributed by atoms with Crippen molar-refractivity contribution < 1.29 is 33.4 Å². The van der Waals surface area contributed by atoms with Crippen LogP contribution in [0.3, 0.4) is 0 Å². The number of nitrogens with zero attached hydrogens (tertiary/aromatic N) is 1. The van der Waals surface area contributed by atoms with Gasteiger partial charge in [0.15, 0.2) is 5.82 Å². The molecule has 9 heteroatoms. The van der Waals surface area contributed by atoms with E-state index in [-0.39, 0.29) is 35.7 Å². The Kier molecular flexibility index (Phi) is 5.64. The van der Waals surface area contributed by atoms with Gasteiger partial charge in [0.1, 0.15) is 11.4 Å². The summed E-state index contributed by atoms with van der Waals surface area (Å²) in [5.74, 6) is -1.66. The number of carbonyl (C=O) groups is 3. The molecule has 0 saturated heterocycles. The van der Waals surface area contributed by atoms with Crippen LogP contribution in [0.2, 0.25) is 0 Å². The Hall–Kier alpha value is -3.62. The van der Waals surface area contributed by atoms with Gasteiger partial charge in [-0.15, -0.1) is 0 Å². The summed E-state index contributed by atoms with van der Waals surface area (Å²) in [6.45, 7) is 5.10. The fourth-order valence-electron chi connectivity index (χ4n) is 2.88. The maximum atomic E-state index is 14.9. The molecule has 158 valence electrons. The topological polar surface area (TPSA) is 105 Å². The predicted molar refractivity (Wildman–Crippen MR) is 105 cm³/mol. The molecule has 2 aromatic rings. The van der Waals surface area contributed by atoms with Crippen molar-refractivity contribution in [1.29, 1.82) is 0 Å². The maximum absolute atomic E-state index is 14.9. The van der Waals surface area contributed by atoms with E-state index < -0.39 is 29.6 Å². The molecule has 0 bridgehead atoms. The SMILES string of the molecule is CC(C)(C)OC(=O)Nc1cccc(CN2Cc3ccc(C(=O)O)cc3OC2=O)c1F. The Balaban J connectivity index is 1.76. The molecule has 1 aliphatic rings. The third-order valence-corrected chi connectivity index (χ3v) is 4.21. The Bertz CT molecular complexity index is 1020. The van der Waals surface area contributed by atoms with Crippen LogP contribution in [-0.2, 0) is 17.8 Å². The number of fused-ring (bicyclic) bond motifs is 1. The molecule has 30 heavy (non-hydrogen) atoms. The molecule has 0 atom stereocenters. The van der Waals surface area contributed by atoms with Crippen molar-refractivity contribution in [3.8, 4) is 5.75 Å². The van der Waals surface area contributed by atoms with E-state index in [1.807, 2.05) is 0 Å². The second-order valence-electron chi connectivity index (χ2n) is 7.76. The highest BCUT2D eigenvalue weighted by atomic mass is 19.1. The van der Waals surface area contributed by atoms with Gasteiger partial charge in [-0.05, 0) is 39.0 Å². The fourth-order valence-corrected chi connectivity index (χ4v) is 2.88. The molecule has 2 aromatic carbocycles. The van der Waals surface area contributed by atoms with Crippen LogP contribution < -0.4 is 10.1 Å². The lowest BCUT2D eigenvalue weighted by molar-refractivity contribution is 0.0633. The molecule has 1 aliphatic heterocycles. The maximum Gasteiger partial charge on any atom is 0.415 e. The highest BCUT2D eigenvalue weighted by molar-refractivity contribution is 5.89. The average Bonchev–Trinajstić information content (AvgIpc) is 2.63. The van der Waals surface area contributed by atoms with E-state index in [1.54, 1.807) is 32.9 Å². The average molecular weight is 416 g/mol. The number of hydrogen-bond acceptors (Lipinski definition) is 5. The predicted octanol–water partition coefficient (Wildman–Crippen LogP) is 4.39. The minimum atomic E-state index is -1.13. The van der Waals surface area contributed by atoms with Crippen LogP contribution in [0.4, 0.5) is 19.7 Å². The molecular formula is C21H21FN2O6. The Labute approximate surface area is 172 Å². The van der Waals surface area contributed by atoms with Gasteiger partial charge in [0.25, 0.3) is 0 Å². The van der Waals surface area contributed by atoms with Gasteiger partial charge in [0, 0.05) is 11.1 Å². The summed E-state index contributed by atoms with van der Waals surface area (Å²) in [6.07, 6.45) is -1.52. The van der Waals surface area contributed by atoms with E-state index >= 15 is 0 Å². The molecule has 0 aromatic heterocycles. The third-order valence-electron chi connectivity index (χ3n) is 4.21. The molecule has 0 fully saturated rings. The second kappa shape index (κ2) is 8.02. The Morgan fingerprint density at radius 3 is 2.67 bits per heavy atom. The van der Waals surface area contributed by atoms with Gasteiger partial charge < -0.3 is 14.6 Å². The number of rotatable bonds is 4. The third kappa shape index (κ3) is 4.86. The molecule has 1 heterocycles. The van der Waals surface area contributed by atoms with Crippen molar-refractivity contribution in [2.24, 2.45) is 0 Å². The largest absolute Gasteiger partial charge is 0.478 e. The van der Waals surface area contributed by atoms with Crippen molar-refractivity contribution in [3.05, 3.63) is 58.9 Å². The quantitative estimate of drug-likeness (QED) is 0.766. The van der Waals surface area contributed by atoms with Crippen molar-refractivity contribution in [3.63, 3.8) is 0 Å². The van der Waals surface area contributed by atoms with Gasteiger partial charge in [-0.3, -0.25) is 10.2 Å². The van der Waals surface area contributed by atoms with E-state index in [0.29, 0.717) is 5.56 Å². The minimum Gasteiger partial charge on any atom is -0.478 e. The first-order chi connectivity index (χ1) is 14.0. The van der Waals surface area contributed by atoms with Crippen molar-refractivity contribution in [2.75, 3.05) is 5.32 Å². The Morgan fingerprint density at radius 1 is 1.27 bits per heavy atom. The van der Waals surface area contributed by atoms with Gasteiger partial charge in [-0.1, -0.05) is 18.2 Å². The lowest BCUT2D eigenvalue weighted by atomic mass is 10.1. The molecule has 2 N–H and O–H groups in total. The molecule has 8 nitrogen and oxygen atoms in total. The summed E-state index contributed by atoms with van der Waals surface area (Å²) in [6, 6.07) is 8.66. The zero-order chi connectivity index (χ0) is 22.1. The fraction of sp³-hybridized carbons (Fsp3) is 0.286. The number of amides is 2. The standard InChI is InChI=1S/C21H21FN2O6/c1-21(2,3)30-19(27)23-15-6-4-5-14(17(15)22)11-24-10-13-8-7-12(18(25)26)9-16(13)29-20(24)28/h4-9H,10-11H2,1-3H3,(H,23,27)(H,25,26). The van der Waals surface area contributed by atoms with Crippen molar-refractivity contribution >= 4 is 23.8 Å². The summed E-state index contributed by atoms with van der Waals surface area (Å²) in [4.78, 5) is 36.6. The van der Waals surface area contributed by atoms with Gasteiger partial charge in [-0.2, -0.15) is 0 Å². The number of anilines is 1. The van der Waals surface area contributed by atoms with E-state index in [0.717, 1.165) is 0 Å². The zero-order valence-corrected chi connectivity index (χ0v) is 16.7. The van der Waals surface area contributed by atoms with E-state index in [1.165, 1.54) is 29.2 Å². The number of carboxylic acid groups (broad SMARTS) is 1. The van der Waals surface area contributed by atoms with Crippen molar-refractivity contribution in [1.82, 2.24) is 4.90 Å². The van der Waals surface area contributed by atoms with Crippen LogP contribution >= 0.6 is 0 Å². The number of carbonyl (C=O) groups excluding carboxylic acids is 2. The van der Waals surface area contributed by atoms with Gasteiger partial charge in [0.2, 0.25) is 0 Å². The van der Waals surface area contributed by atoms with Crippen LogP contribution in [0, 0.1) is 5.82 Å². The second-order valence-corrected chi connectivity index (χ2v) is 7.76. The number of carboxylic acids is 1. The van der Waals surface area contributed by atoms with Crippen LogP contribution in [0.5, 0.6) is 5.75 Å². The molecule has 0 spiro atoms. The molecule has 0 radical (unpaired) electrons. The molecule has 3 rings (SSSR count). The summed E-state index contributed by atoms with van der Waals surface area (Å²) in [7, 11) is 0. The summed E-state index contributed by atoms with van der Waals surface area (Å²) in [5.41, 5.74) is -0.0290.